The fourth-order valence-corrected chi connectivity index (χ4v) is 4.13. The van der Waals surface area contributed by atoms with Crippen LogP contribution in [0, 0.1) is 20.8 Å². The average Bonchev–Trinajstić information content (AvgIpc) is 3.11. The summed E-state index contributed by atoms with van der Waals surface area (Å²) in [5.74, 6) is 2.62. The molecule has 0 radical (unpaired) electrons. The van der Waals surface area contributed by atoms with Crippen molar-refractivity contribution < 1.29 is 0 Å². The van der Waals surface area contributed by atoms with Gasteiger partial charge in [-0.05, 0) is 63.9 Å². The first kappa shape index (κ1) is 18.8. The lowest BCUT2D eigenvalue weighted by molar-refractivity contribution is 0.570. The highest BCUT2D eigenvalue weighted by molar-refractivity contribution is 7.99. The fraction of sp³-hybridized carbons (Fsp3) is 0.381. The molecule has 2 N–H and O–H groups in total. The topological polar surface area (TPSA) is 69.7 Å². The molecule has 0 spiro atoms. The van der Waals surface area contributed by atoms with Gasteiger partial charge in [0.25, 0.3) is 0 Å². The van der Waals surface area contributed by atoms with Gasteiger partial charge in [-0.1, -0.05) is 17.7 Å². The second kappa shape index (κ2) is 8.22. The van der Waals surface area contributed by atoms with E-state index in [9.17, 15) is 0 Å². The normalized spacial score (nSPS) is 14.3. The number of rotatable bonds is 5. The highest BCUT2D eigenvalue weighted by Crippen LogP contribution is 2.33. The van der Waals surface area contributed by atoms with Crippen LogP contribution in [-0.2, 0) is 0 Å². The van der Waals surface area contributed by atoms with E-state index in [1.165, 1.54) is 24.8 Å². The van der Waals surface area contributed by atoms with Crippen LogP contribution in [0.2, 0.25) is 0 Å². The number of benzene rings is 1. The van der Waals surface area contributed by atoms with Crippen LogP contribution in [0.4, 0.5) is 17.5 Å². The van der Waals surface area contributed by atoms with E-state index in [2.05, 4.69) is 58.5 Å². The second-order valence-electron chi connectivity index (χ2n) is 7.33. The van der Waals surface area contributed by atoms with Crippen molar-refractivity contribution in [2.45, 2.75) is 50.1 Å². The molecule has 1 aliphatic heterocycles. The van der Waals surface area contributed by atoms with E-state index < -0.39 is 0 Å². The van der Waals surface area contributed by atoms with Gasteiger partial charge in [-0.3, -0.25) is 5.10 Å². The standard InChI is InChI=1S/C21H26N6S/c1-14-7-9-17(10-8-14)28-21-23-19(22-18-13-15(2)25-26-18)16(3)20(24-21)27-11-5-4-6-12-27/h7-10,13H,4-6,11-12H2,1-3H3,(H2,22,23,24,25,26). The van der Waals surface area contributed by atoms with E-state index in [0.717, 1.165) is 51.9 Å². The molecular weight excluding hydrogens is 368 g/mol. The summed E-state index contributed by atoms with van der Waals surface area (Å²) in [5, 5.41) is 11.4. The minimum absolute atomic E-state index is 0.754. The van der Waals surface area contributed by atoms with E-state index in [4.69, 9.17) is 9.97 Å². The Bertz CT molecular complexity index is 944. The van der Waals surface area contributed by atoms with E-state index in [-0.39, 0.29) is 0 Å². The quantitative estimate of drug-likeness (QED) is 0.593. The summed E-state index contributed by atoms with van der Waals surface area (Å²) in [4.78, 5) is 13.3. The van der Waals surface area contributed by atoms with Crippen molar-refractivity contribution in [2.24, 2.45) is 0 Å². The molecule has 6 nitrogen and oxygen atoms in total. The predicted octanol–water partition coefficient (Wildman–Crippen LogP) is 5.01. The minimum atomic E-state index is 0.754. The maximum Gasteiger partial charge on any atom is 0.196 e. The molecule has 1 fully saturated rings. The molecule has 3 heterocycles. The van der Waals surface area contributed by atoms with Crippen LogP contribution < -0.4 is 10.2 Å². The van der Waals surface area contributed by atoms with Crippen molar-refractivity contribution in [3.05, 3.63) is 47.2 Å². The van der Waals surface area contributed by atoms with Crippen LogP contribution in [0.1, 0.15) is 36.1 Å². The number of hydrogen-bond acceptors (Lipinski definition) is 6. The van der Waals surface area contributed by atoms with Crippen LogP contribution >= 0.6 is 11.8 Å². The number of aryl methyl sites for hydroxylation is 2. The van der Waals surface area contributed by atoms with Crippen LogP contribution in [-0.4, -0.2) is 33.3 Å². The fourth-order valence-electron chi connectivity index (χ4n) is 3.38. The van der Waals surface area contributed by atoms with E-state index in [0.29, 0.717) is 0 Å². The first-order valence-electron chi connectivity index (χ1n) is 9.75. The number of piperidine rings is 1. The molecule has 4 rings (SSSR count). The van der Waals surface area contributed by atoms with Crippen molar-refractivity contribution in [3.63, 3.8) is 0 Å². The number of H-pyrrole nitrogens is 1. The summed E-state index contributed by atoms with van der Waals surface area (Å²) in [7, 11) is 0. The Hall–Kier alpha value is -2.54. The van der Waals surface area contributed by atoms with Crippen LogP contribution in [0.3, 0.4) is 0 Å². The van der Waals surface area contributed by atoms with Crippen LogP contribution in [0.25, 0.3) is 0 Å². The summed E-state index contributed by atoms with van der Waals surface area (Å²) in [6.45, 7) is 8.27. The molecule has 0 unspecified atom stereocenters. The van der Waals surface area contributed by atoms with Gasteiger partial charge in [0.2, 0.25) is 0 Å². The lowest BCUT2D eigenvalue weighted by atomic mass is 10.1. The number of anilines is 3. The highest BCUT2D eigenvalue weighted by Gasteiger charge is 2.20. The van der Waals surface area contributed by atoms with Gasteiger partial charge in [0.15, 0.2) is 11.0 Å². The van der Waals surface area contributed by atoms with Crippen molar-refractivity contribution in [1.29, 1.82) is 0 Å². The smallest absolute Gasteiger partial charge is 0.196 e. The number of aromatic amines is 1. The molecule has 0 atom stereocenters. The van der Waals surface area contributed by atoms with Crippen molar-refractivity contribution >= 4 is 29.2 Å². The summed E-state index contributed by atoms with van der Waals surface area (Å²) < 4.78 is 0. The third kappa shape index (κ3) is 4.30. The van der Waals surface area contributed by atoms with Gasteiger partial charge in [-0.2, -0.15) is 5.10 Å². The molecule has 1 aliphatic rings. The Balaban J connectivity index is 1.69. The molecule has 146 valence electrons. The Morgan fingerprint density at radius 2 is 1.75 bits per heavy atom. The van der Waals surface area contributed by atoms with Gasteiger partial charge in [-0.15, -0.1) is 0 Å². The van der Waals surface area contributed by atoms with E-state index >= 15 is 0 Å². The molecule has 0 aliphatic carbocycles. The molecule has 1 aromatic carbocycles. The van der Waals surface area contributed by atoms with Crippen LogP contribution in [0.15, 0.2) is 40.4 Å². The molecule has 3 aromatic rings. The zero-order chi connectivity index (χ0) is 19.5. The number of nitrogens with zero attached hydrogens (tertiary/aromatic N) is 4. The molecule has 0 bridgehead atoms. The molecule has 2 aromatic heterocycles. The SMILES string of the molecule is Cc1ccc(Sc2nc(Nc3cc(C)[nH]n3)c(C)c(N3CCCCC3)n2)cc1. The van der Waals surface area contributed by atoms with E-state index in [1.54, 1.807) is 11.8 Å². The molecule has 1 saturated heterocycles. The Kier molecular flexibility index (Phi) is 5.52. The molecule has 7 heteroatoms. The molecular formula is C21H26N6S. The monoisotopic (exact) mass is 394 g/mol. The average molecular weight is 395 g/mol. The van der Waals surface area contributed by atoms with Gasteiger partial charge < -0.3 is 10.2 Å². The number of nitrogens with one attached hydrogen (secondary N) is 2. The summed E-state index contributed by atoms with van der Waals surface area (Å²) in [6, 6.07) is 10.5. The Morgan fingerprint density at radius 3 is 2.43 bits per heavy atom. The van der Waals surface area contributed by atoms with Crippen LogP contribution in [0.5, 0.6) is 0 Å². The highest BCUT2D eigenvalue weighted by atomic mass is 32.2. The lowest BCUT2D eigenvalue weighted by Crippen LogP contribution is -2.31. The maximum atomic E-state index is 4.93. The maximum absolute atomic E-state index is 4.93. The van der Waals surface area contributed by atoms with Gasteiger partial charge in [0.05, 0.1) is 0 Å². The van der Waals surface area contributed by atoms with Crippen molar-refractivity contribution in [3.8, 4) is 0 Å². The molecule has 0 amide bonds. The summed E-state index contributed by atoms with van der Waals surface area (Å²) in [5.41, 5.74) is 3.33. The second-order valence-corrected chi connectivity index (χ2v) is 8.37. The van der Waals surface area contributed by atoms with Gasteiger partial charge in [0.1, 0.15) is 11.6 Å². The lowest BCUT2D eigenvalue weighted by Gasteiger charge is -2.29. The van der Waals surface area contributed by atoms with Gasteiger partial charge in [-0.25, -0.2) is 9.97 Å². The number of aromatic nitrogens is 4. The summed E-state index contributed by atoms with van der Waals surface area (Å²) >= 11 is 1.60. The minimum Gasteiger partial charge on any atom is -0.356 e. The Morgan fingerprint density at radius 1 is 1.00 bits per heavy atom. The third-order valence-electron chi connectivity index (χ3n) is 4.94. The predicted molar refractivity (Wildman–Crippen MR) is 115 cm³/mol. The first-order valence-corrected chi connectivity index (χ1v) is 10.6. The summed E-state index contributed by atoms with van der Waals surface area (Å²) in [6.07, 6.45) is 3.72. The van der Waals surface area contributed by atoms with Gasteiger partial charge >= 0.3 is 0 Å². The number of hydrogen-bond donors (Lipinski definition) is 2. The third-order valence-corrected chi connectivity index (χ3v) is 5.81. The Labute approximate surface area is 170 Å². The van der Waals surface area contributed by atoms with Crippen molar-refractivity contribution in [1.82, 2.24) is 20.2 Å². The molecule has 28 heavy (non-hydrogen) atoms. The zero-order valence-corrected chi connectivity index (χ0v) is 17.4. The first-order chi connectivity index (χ1) is 13.6. The zero-order valence-electron chi connectivity index (χ0n) is 16.6. The van der Waals surface area contributed by atoms with Gasteiger partial charge in [0, 0.05) is 35.3 Å². The van der Waals surface area contributed by atoms with Crippen molar-refractivity contribution in [2.75, 3.05) is 23.3 Å². The molecule has 0 saturated carbocycles. The largest absolute Gasteiger partial charge is 0.356 e. The van der Waals surface area contributed by atoms with E-state index in [1.807, 2.05) is 13.0 Å².